The van der Waals surface area contributed by atoms with Crippen LogP contribution in [0.1, 0.15) is 99.8 Å². The molecule has 0 saturated heterocycles. The summed E-state index contributed by atoms with van der Waals surface area (Å²) in [7, 11) is 1.36. The van der Waals surface area contributed by atoms with E-state index in [1.54, 1.807) is 6.92 Å². The first kappa shape index (κ1) is 26.9. The van der Waals surface area contributed by atoms with Crippen LogP contribution >= 0.6 is 0 Å². The zero-order valence-electron chi connectivity index (χ0n) is 24.3. The fraction of sp³-hybridized carbons (Fsp3) is 0.844. The molecule has 0 amide bonds. The lowest BCUT2D eigenvalue weighted by Gasteiger charge is -2.70. The predicted molar refractivity (Wildman–Crippen MR) is 143 cm³/mol. The van der Waals surface area contributed by atoms with Crippen LogP contribution in [0.15, 0.2) is 11.6 Å². The van der Waals surface area contributed by atoms with E-state index in [-0.39, 0.29) is 33.9 Å². The minimum absolute atomic E-state index is 0.0691. The lowest BCUT2D eigenvalue weighted by atomic mass is 9.32. The first-order valence-electron chi connectivity index (χ1n) is 14.7. The standard InChI is InChI=1S/C32H48O5/c1-18-9-12-28(3)15-16-30(5)21(24(28)19(18)2)17-22(33)25-29(4)13-10-20(26(34)35)32(7,27(36)37-8)23(29)11-14-31(25,30)6/h17-20,23-25H,9-16H2,1-8H3,(H,34,35)/t18-,19+,20-,23-,24+,25-,28-,29+,30-,31-,32+/m1/s1. The van der Waals surface area contributed by atoms with Crippen molar-refractivity contribution in [1.29, 1.82) is 0 Å². The van der Waals surface area contributed by atoms with Crippen molar-refractivity contribution in [3.63, 3.8) is 0 Å². The van der Waals surface area contributed by atoms with Crippen molar-refractivity contribution < 1.29 is 24.2 Å². The third-order valence-corrected chi connectivity index (χ3v) is 13.7. The number of ether oxygens (including phenoxy) is 1. The van der Waals surface area contributed by atoms with E-state index in [0.29, 0.717) is 30.6 Å². The number of carbonyl (C=O) groups is 3. The van der Waals surface area contributed by atoms with Gasteiger partial charge in [-0.2, -0.15) is 0 Å². The molecule has 37 heavy (non-hydrogen) atoms. The zero-order valence-corrected chi connectivity index (χ0v) is 24.3. The molecule has 0 aromatic rings. The summed E-state index contributed by atoms with van der Waals surface area (Å²) >= 11 is 0. The fourth-order valence-electron chi connectivity index (χ4n) is 11.3. The minimum atomic E-state index is -1.14. The Morgan fingerprint density at radius 1 is 0.946 bits per heavy atom. The number of ketones is 1. The summed E-state index contributed by atoms with van der Waals surface area (Å²) in [5, 5.41) is 10.1. The second-order valence-electron chi connectivity index (χ2n) is 15.0. The number of carbonyl (C=O) groups excluding carboxylic acids is 2. The lowest BCUT2D eigenvalue weighted by Crippen LogP contribution is -2.68. The van der Waals surface area contributed by atoms with Gasteiger partial charge < -0.3 is 9.84 Å². The van der Waals surface area contributed by atoms with Crippen LogP contribution in [0.2, 0.25) is 0 Å². The fourth-order valence-corrected chi connectivity index (χ4v) is 11.3. The van der Waals surface area contributed by atoms with Crippen LogP contribution in [0.3, 0.4) is 0 Å². The quantitative estimate of drug-likeness (QED) is 0.417. The van der Waals surface area contributed by atoms with Gasteiger partial charge in [0.2, 0.25) is 0 Å². The van der Waals surface area contributed by atoms with Gasteiger partial charge in [-0.15, -0.1) is 0 Å². The number of esters is 1. The third kappa shape index (κ3) is 3.18. The van der Waals surface area contributed by atoms with Crippen LogP contribution in [0.5, 0.6) is 0 Å². The molecule has 0 aromatic carbocycles. The lowest BCUT2D eigenvalue weighted by molar-refractivity contribution is -0.211. The Kier molecular flexibility index (Phi) is 5.95. The summed E-state index contributed by atoms with van der Waals surface area (Å²) in [6, 6.07) is 0. The summed E-state index contributed by atoms with van der Waals surface area (Å²) in [5.41, 5.74) is -0.213. The number of fused-ring (bicyclic) bond motifs is 7. The number of allylic oxidation sites excluding steroid dienone is 2. The highest BCUT2D eigenvalue weighted by atomic mass is 16.5. The number of carboxylic acid groups (broad SMARTS) is 1. The summed E-state index contributed by atoms with van der Waals surface area (Å²) < 4.78 is 5.25. The number of carboxylic acids is 1. The maximum absolute atomic E-state index is 14.4. The molecule has 5 heteroatoms. The largest absolute Gasteiger partial charge is 0.481 e. The van der Waals surface area contributed by atoms with Crippen molar-refractivity contribution in [3.05, 3.63) is 11.6 Å². The molecule has 0 spiro atoms. The smallest absolute Gasteiger partial charge is 0.312 e. The summed E-state index contributed by atoms with van der Waals surface area (Å²) in [6.45, 7) is 16.1. The highest BCUT2D eigenvalue weighted by Gasteiger charge is 2.72. The van der Waals surface area contributed by atoms with E-state index in [0.717, 1.165) is 19.3 Å². The summed E-state index contributed by atoms with van der Waals surface area (Å²) in [5.74, 6) is -0.716. The molecule has 206 valence electrons. The Morgan fingerprint density at radius 2 is 1.62 bits per heavy atom. The van der Waals surface area contributed by atoms with E-state index in [2.05, 4.69) is 47.6 Å². The van der Waals surface area contributed by atoms with E-state index in [1.165, 1.54) is 31.9 Å². The maximum Gasteiger partial charge on any atom is 0.312 e. The Bertz CT molecular complexity index is 1060. The average molecular weight is 513 g/mol. The van der Waals surface area contributed by atoms with Crippen LogP contribution in [-0.4, -0.2) is 29.9 Å². The van der Waals surface area contributed by atoms with Crippen molar-refractivity contribution in [1.82, 2.24) is 0 Å². The first-order valence-corrected chi connectivity index (χ1v) is 14.7. The number of hydrogen-bond acceptors (Lipinski definition) is 4. The van der Waals surface area contributed by atoms with Crippen molar-refractivity contribution >= 4 is 17.7 Å². The number of methoxy groups -OCH3 is 1. The monoisotopic (exact) mass is 512 g/mol. The van der Waals surface area contributed by atoms with Gasteiger partial charge in [0.05, 0.1) is 18.4 Å². The number of hydrogen-bond donors (Lipinski definition) is 1. The molecule has 5 aliphatic carbocycles. The maximum atomic E-state index is 14.4. The third-order valence-electron chi connectivity index (χ3n) is 13.7. The molecule has 0 aliphatic heterocycles. The first-order chi connectivity index (χ1) is 17.1. The molecule has 4 fully saturated rings. The number of aliphatic carboxylic acids is 1. The van der Waals surface area contributed by atoms with Crippen LogP contribution < -0.4 is 0 Å². The zero-order chi connectivity index (χ0) is 27.3. The van der Waals surface area contributed by atoms with E-state index in [1.807, 2.05) is 0 Å². The highest BCUT2D eigenvalue weighted by molar-refractivity contribution is 5.96. The topological polar surface area (TPSA) is 80.7 Å². The van der Waals surface area contributed by atoms with Gasteiger partial charge in [-0.3, -0.25) is 14.4 Å². The molecule has 1 N–H and O–H groups in total. The molecule has 0 unspecified atom stereocenters. The Labute approximate surface area is 223 Å². The van der Waals surface area contributed by atoms with Crippen LogP contribution in [0.4, 0.5) is 0 Å². The molecule has 0 bridgehead atoms. The van der Waals surface area contributed by atoms with Gasteiger partial charge in [-0.05, 0) is 110 Å². The second-order valence-corrected chi connectivity index (χ2v) is 15.0. The normalized spacial score (nSPS) is 53.1. The highest BCUT2D eigenvalue weighted by Crippen LogP contribution is 2.75. The molecule has 5 rings (SSSR count). The second kappa shape index (κ2) is 8.18. The predicted octanol–water partition coefficient (Wildman–Crippen LogP) is 6.70. The number of rotatable bonds is 2. The minimum Gasteiger partial charge on any atom is -0.481 e. The molecule has 5 aliphatic rings. The molecule has 5 nitrogen and oxygen atoms in total. The van der Waals surface area contributed by atoms with Crippen molar-refractivity contribution in [2.45, 2.75) is 99.8 Å². The van der Waals surface area contributed by atoms with Gasteiger partial charge in [-0.25, -0.2) is 0 Å². The van der Waals surface area contributed by atoms with Crippen molar-refractivity contribution in [2.24, 2.45) is 62.6 Å². The SMILES string of the molecule is COC(=O)[C@@]1(C)[C@@H](C(=O)O)CC[C@@]2(C)[C@H]1CC[C@]1(C)[C@@H]2C(=O)C=C2[C@@H]3[C@@H](C)[C@H](C)CC[C@]3(C)CC[C@]21C. The molecular formula is C32H48O5. The van der Waals surface area contributed by atoms with E-state index in [4.69, 9.17) is 4.74 Å². The van der Waals surface area contributed by atoms with Crippen LogP contribution in [0, 0.1) is 62.6 Å². The molecule has 0 radical (unpaired) electrons. The summed E-state index contributed by atoms with van der Waals surface area (Å²) in [4.78, 5) is 40.1. The van der Waals surface area contributed by atoms with E-state index in [9.17, 15) is 19.5 Å². The van der Waals surface area contributed by atoms with Crippen LogP contribution in [0.25, 0.3) is 0 Å². The Morgan fingerprint density at radius 3 is 2.24 bits per heavy atom. The van der Waals surface area contributed by atoms with Gasteiger partial charge in [0.15, 0.2) is 5.78 Å². The Balaban J connectivity index is 1.64. The van der Waals surface area contributed by atoms with E-state index >= 15 is 0 Å². The molecule has 4 saturated carbocycles. The van der Waals surface area contributed by atoms with E-state index < -0.39 is 28.7 Å². The van der Waals surface area contributed by atoms with Crippen molar-refractivity contribution in [3.8, 4) is 0 Å². The van der Waals surface area contributed by atoms with Gasteiger partial charge >= 0.3 is 11.9 Å². The molecule has 0 heterocycles. The van der Waals surface area contributed by atoms with Gasteiger partial charge in [-0.1, -0.05) is 47.1 Å². The Hall–Kier alpha value is -1.65. The van der Waals surface area contributed by atoms with Crippen LogP contribution in [-0.2, 0) is 19.1 Å². The molecule has 0 aromatic heterocycles. The molecular weight excluding hydrogens is 464 g/mol. The molecule has 11 atom stereocenters. The summed E-state index contributed by atoms with van der Waals surface area (Å²) in [6.07, 6.45) is 9.50. The van der Waals surface area contributed by atoms with Gasteiger partial charge in [0.25, 0.3) is 0 Å². The van der Waals surface area contributed by atoms with Gasteiger partial charge in [0, 0.05) is 5.92 Å². The van der Waals surface area contributed by atoms with Crippen molar-refractivity contribution in [2.75, 3.05) is 7.11 Å². The average Bonchev–Trinajstić information content (AvgIpc) is 2.82. The van der Waals surface area contributed by atoms with Gasteiger partial charge in [0.1, 0.15) is 0 Å².